The molecule has 1 aliphatic rings. The number of hydrogen-bond acceptors (Lipinski definition) is 2. The van der Waals surface area contributed by atoms with Gasteiger partial charge in [-0.05, 0) is 43.0 Å². The number of imidazole rings is 1. The summed E-state index contributed by atoms with van der Waals surface area (Å²) in [5.41, 5.74) is 2.11. The van der Waals surface area contributed by atoms with Crippen molar-refractivity contribution in [1.29, 1.82) is 0 Å². The molecule has 0 bridgehead atoms. The molecule has 1 aliphatic carbocycles. The molecule has 1 aromatic heterocycles. The molecule has 1 fully saturated rings. The van der Waals surface area contributed by atoms with Crippen molar-refractivity contribution in [2.75, 3.05) is 0 Å². The van der Waals surface area contributed by atoms with Crippen LogP contribution in [0.25, 0.3) is 0 Å². The van der Waals surface area contributed by atoms with Crippen LogP contribution < -0.4 is 5.32 Å². The highest BCUT2D eigenvalue weighted by Crippen LogP contribution is 2.19. The zero-order valence-corrected chi connectivity index (χ0v) is 11.1. The van der Waals surface area contributed by atoms with Gasteiger partial charge in [0.1, 0.15) is 11.6 Å². The lowest BCUT2D eigenvalue weighted by molar-refractivity contribution is 0.608. The molecule has 1 N–H and O–H groups in total. The highest BCUT2D eigenvalue weighted by atomic mass is 19.1. The van der Waals surface area contributed by atoms with Crippen LogP contribution in [-0.2, 0) is 13.1 Å². The van der Waals surface area contributed by atoms with Crippen molar-refractivity contribution in [1.82, 2.24) is 14.9 Å². The Hall–Kier alpha value is -1.68. The van der Waals surface area contributed by atoms with Crippen molar-refractivity contribution in [3.63, 3.8) is 0 Å². The van der Waals surface area contributed by atoms with Crippen LogP contribution in [0, 0.1) is 12.7 Å². The van der Waals surface area contributed by atoms with Gasteiger partial charge in [0.25, 0.3) is 0 Å². The largest absolute Gasteiger partial charge is 0.329 e. The summed E-state index contributed by atoms with van der Waals surface area (Å²) in [5.74, 6) is 0.828. The molecule has 0 spiro atoms. The summed E-state index contributed by atoms with van der Waals surface area (Å²) in [7, 11) is 0. The summed E-state index contributed by atoms with van der Waals surface area (Å²) in [6, 6.07) is 5.60. The molecule has 2 aromatic rings. The molecule has 0 aliphatic heterocycles. The molecule has 19 heavy (non-hydrogen) atoms. The molecule has 3 rings (SSSR count). The van der Waals surface area contributed by atoms with Gasteiger partial charge in [-0.1, -0.05) is 6.07 Å². The first-order chi connectivity index (χ1) is 9.22. The number of aryl methyl sites for hydroxylation is 1. The Morgan fingerprint density at radius 1 is 1.42 bits per heavy atom. The quantitative estimate of drug-likeness (QED) is 0.894. The van der Waals surface area contributed by atoms with E-state index in [4.69, 9.17) is 0 Å². The van der Waals surface area contributed by atoms with Crippen molar-refractivity contribution < 1.29 is 4.39 Å². The van der Waals surface area contributed by atoms with E-state index in [2.05, 4.69) is 14.9 Å². The average Bonchev–Trinajstić information content (AvgIpc) is 3.12. The maximum absolute atomic E-state index is 13.3. The molecular formula is C15H18FN3. The Morgan fingerprint density at radius 3 is 3.05 bits per heavy atom. The van der Waals surface area contributed by atoms with Gasteiger partial charge in [0.2, 0.25) is 0 Å². The van der Waals surface area contributed by atoms with Crippen molar-refractivity contribution in [3.05, 3.63) is 53.4 Å². The van der Waals surface area contributed by atoms with Crippen LogP contribution in [0.5, 0.6) is 0 Å². The summed E-state index contributed by atoms with van der Waals surface area (Å²) in [6.45, 7) is 3.46. The number of halogens is 1. The second-order valence-corrected chi connectivity index (χ2v) is 5.20. The Kier molecular flexibility index (Phi) is 3.34. The summed E-state index contributed by atoms with van der Waals surface area (Å²) in [5, 5.41) is 3.45. The Bertz CT molecular complexity index is 573. The summed E-state index contributed by atoms with van der Waals surface area (Å²) in [6.07, 6.45) is 6.29. The van der Waals surface area contributed by atoms with Gasteiger partial charge in [-0.25, -0.2) is 9.37 Å². The van der Waals surface area contributed by atoms with E-state index in [9.17, 15) is 4.39 Å². The third-order valence-electron chi connectivity index (χ3n) is 3.58. The monoisotopic (exact) mass is 259 g/mol. The fourth-order valence-corrected chi connectivity index (χ4v) is 2.17. The summed E-state index contributed by atoms with van der Waals surface area (Å²) < 4.78 is 15.4. The van der Waals surface area contributed by atoms with Crippen LogP contribution in [-0.4, -0.2) is 15.6 Å². The molecule has 100 valence electrons. The average molecular weight is 259 g/mol. The molecular weight excluding hydrogens is 241 g/mol. The van der Waals surface area contributed by atoms with Crippen LogP contribution in [0.4, 0.5) is 4.39 Å². The fraction of sp³-hybridized carbons (Fsp3) is 0.400. The van der Waals surface area contributed by atoms with Crippen LogP contribution >= 0.6 is 0 Å². The van der Waals surface area contributed by atoms with Crippen molar-refractivity contribution >= 4 is 0 Å². The Morgan fingerprint density at radius 2 is 2.26 bits per heavy atom. The predicted molar refractivity (Wildman–Crippen MR) is 72.3 cm³/mol. The van der Waals surface area contributed by atoms with Crippen molar-refractivity contribution in [2.24, 2.45) is 0 Å². The second-order valence-electron chi connectivity index (χ2n) is 5.20. The van der Waals surface area contributed by atoms with E-state index in [0.717, 1.165) is 23.5 Å². The van der Waals surface area contributed by atoms with E-state index in [1.807, 2.05) is 19.2 Å². The maximum atomic E-state index is 13.3. The first kappa shape index (κ1) is 12.4. The molecule has 1 heterocycles. The minimum Gasteiger partial charge on any atom is -0.329 e. The van der Waals surface area contributed by atoms with E-state index in [1.165, 1.54) is 18.9 Å². The van der Waals surface area contributed by atoms with E-state index < -0.39 is 0 Å². The van der Waals surface area contributed by atoms with E-state index >= 15 is 0 Å². The first-order valence-corrected chi connectivity index (χ1v) is 6.71. The molecule has 3 nitrogen and oxygen atoms in total. The van der Waals surface area contributed by atoms with Gasteiger partial charge in [0, 0.05) is 25.0 Å². The lowest BCUT2D eigenvalue weighted by Gasteiger charge is -2.11. The van der Waals surface area contributed by atoms with Gasteiger partial charge < -0.3 is 9.88 Å². The zero-order chi connectivity index (χ0) is 13.2. The number of benzene rings is 1. The molecule has 1 saturated carbocycles. The van der Waals surface area contributed by atoms with Crippen LogP contribution in [0.15, 0.2) is 30.6 Å². The molecule has 0 amide bonds. The van der Waals surface area contributed by atoms with E-state index in [0.29, 0.717) is 12.6 Å². The normalized spacial score (nSPS) is 14.8. The van der Waals surface area contributed by atoms with Crippen LogP contribution in [0.1, 0.15) is 29.8 Å². The molecule has 0 atom stereocenters. The standard InChI is InChI=1S/C15H18FN3/c1-11-2-3-13(16)8-12(11)10-19-7-6-17-15(19)9-18-14-4-5-14/h2-3,6-8,14,18H,4-5,9-10H2,1H3. The van der Waals surface area contributed by atoms with Gasteiger partial charge in [-0.2, -0.15) is 0 Å². The lowest BCUT2D eigenvalue weighted by Crippen LogP contribution is -2.19. The number of hydrogen-bond donors (Lipinski definition) is 1. The second kappa shape index (κ2) is 5.13. The first-order valence-electron chi connectivity index (χ1n) is 6.71. The van der Waals surface area contributed by atoms with Gasteiger partial charge >= 0.3 is 0 Å². The third kappa shape index (κ3) is 3.01. The van der Waals surface area contributed by atoms with Crippen molar-refractivity contribution in [3.8, 4) is 0 Å². The zero-order valence-electron chi connectivity index (χ0n) is 11.1. The van der Waals surface area contributed by atoms with Gasteiger partial charge in [0.15, 0.2) is 0 Å². The smallest absolute Gasteiger partial charge is 0.123 e. The minimum atomic E-state index is -0.182. The van der Waals surface area contributed by atoms with Crippen molar-refractivity contribution in [2.45, 2.75) is 38.9 Å². The lowest BCUT2D eigenvalue weighted by atomic mass is 10.1. The van der Waals surface area contributed by atoms with Crippen LogP contribution in [0.2, 0.25) is 0 Å². The van der Waals surface area contributed by atoms with Gasteiger partial charge in [-0.3, -0.25) is 0 Å². The summed E-state index contributed by atoms with van der Waals surface area (Å²) >= 11 is 0. The SMILES string of the molecule is Cc1ccc(F)cc1Cn1ccnc1CNC1CC1. The fourth-order valence-electron chi connectivity index (χ4n) is 2.17. The number of nitrogens with one attached hydrogen (secondary N) is 1. The highest BCUT2D eigenvalue weighted by Gasteiger charge is 2.20. The van der Waals surface area contributed by atoms with E-state index in [1.54, 1.807) is 12.3 Å². The van der Waals surface area contributed by atoms with E-state index in [-0.39, 0.29) is 5.82 Å². The minimum absolute atomic E-state index is 0.182. The molecule has 0 radical (unpaired) electrons. The maximum Gasteiger partial charge on any atom is 0.123 e. The predicted octanol–water partition coefficient (Wildman–Crippen LogP) is 2.63. The number of nitrogens with zero attached hydrogens (tertiary/aromatic N) is 2. The third-order valence-corrected chi connectivity index (χ3v) is 3.58. The topological polar surface area (TPSA) is 29.9 Å². The number of aromatic nitrogens is 2. The molecule has 0 saturated heterocycles. The Balaban J connectivity index is 1.74. The van der Waals surface area contributed by atoms with Gasteiger partial charge in [-0.15, -0.1) is 0 Å². The molecule has 0 unspecified atom stereocenters. The molecule has 4 heteroatoms. The summed E-state index contributed by atoms with van der Waals surface area (Å²) in [4.78, 5) is 4.37. The van der Waals surface area contributed by atoms with Gasteiger partial charge in [0.05, 0.1) is 6.54 Å². The highest BCUT2D eigenvalue weighted by molar-refractivity contribution is 5.27. The number of rotatable bonds is 5. The Labute approximate surface area is 112 Å². The molecule has 1 aromatic carbocycles. The van der Waals surface area contributed by atoms with Crippen LogP contribution in [0.3, 0.4) is 0 Å².